The summed E-state index contributed by atoms with van der Waals surface area (Å²) in [6.07, 6.45) is 0.456. The van der Waals surface area contributed by atoms with Gasteiger partial charge in [-0.25, -0.2) is 8.78 Å². The van der Waals surface area contributed by atoms with Gasteiger partial charge < -0.3 is 5.32 Å². The van der Waals surface area contributed by atoms with Crippen LogP contribution in [0.15, 0.2) is 30.3 Å². The number of rotatable bonds is 5. The Balaban J connectivity index is 2.23. The predicted molar refractivity (Wildman–Crippen MR) is 75.5 cm³/mol. The molecule has 1 nitrogen and oxygen atoms in total. The maximum Gasteiger partial charge on any atom is 0.126 e. The van der Waals surface area contributed by atoms with Crippen LogP contribution in [0.25, 0.3) is 0 Å². The molecule has 1 atom stereocenters. The Morgan fingerprint density at radius 1 is 1.21 bits per heavy atom. The molecule has 0 fully saturated rings. The van der Waals surface area contributed by atoms with Gasteiger partial charge in [0.2, 0.25) is 0 Å². The number of hydrogen-bond acceptors (Lipinski definition) is 2. The first-order chi connectivity index (χ1) is 9.10. The second-order valence-corrected chi connectivity index (χ2v) is 5.82. The fourth-order valence-electron chi connectivity index (χ4n) is 2.08. The number of hydrogen-bond donors (Lipinski definition) is 1. The molecule has 0 radical (unpaired) electrons. The van der Waals surface area contributed by atoms with Crippen LogP contribution in [0.4, 0.5) is 8.78 Å². The Hall–Kier alpha value is -1.26. The normalized spacial score (nSPS) is 12.6. The zero-order chi connectivity index (χ0) is 13.8. The van der Waals surface area contributed by atoms with E-state index in [2.05, 4.69) is 5.32 Å². The van der Waals surface area contributed by atoms with Gasteiger partial charge in [-0.15, -0.1) is 11.3 Å². The zero-order valence-corrected chi connectivity index (χ0v) is 11.9. The van der Waals surface area contributed by atoms with Crippen LogP contribution in [0, 0.1) is 18.6 Å². The lowest BCUT2D eigenvalue weighted by Crippen LogP contribution is -2.22. The first-order valence-electron chi connectivity index (χ1n) is 6.33. The predicted octanol–water partition coefficient (Wildman–Crippen LogP) is 4.23. The summed E-state index contributed by atoms with van der Waals surface area (Å²) in [7, 11) is 0. The number of thiophene rings is 1. The van der Waals surface area contributed by atoms with Gasteiger partial charge in [0.15, 0.2) is 0 Å². The highest BCUT2D eigenvalue weighted by Crippen LogP contribution is 2.26. The molecule has 0 aliphatic carbocycles. The maximum atomic E-state index is 13.7. The van der Waals surface area contributed by atoms with Gasteiger partial charge in [-0.05, 0) is 55.8 Å². The molecule has 1 unspecified atom stereocenters. The van der Waals surface area contributed by atoms with Gasteiger partial charge in [0, 0.05) is 15.8 Å². The van der Waals surface area contributed by atoms with Gasteiger partial charge >= 0.3 is 0 Å². The van der Waals surface area contributed by atoms with E-state index in [1.807, 2.05) is 26.0 Å². The molecule has 0 amide bonds. The van der Waals surface area contributed by atoms with Gasteiger partial charge in [0.25, 0.3) is 0 Å². The third-order valence-corrected chi connectivity index (χ3v) is 4.10. The van der Waals surface area contributed by atoms with Crippen molar-refractivity contribution in [3.05, 3.63) is 57.3 Å². The molecule has 19 heavy (non-hydrogen) atoms. The molecule has 4 heteroatoms. The van der Waals surface area contributed by atoms with Crippen molar-refractivity contribution in [2.75, 3.05) is 6.54 Å². The quantitative estimate of drug-likeness (QED) is 0.865. The van der Waals surface area contributed by atoms with Crippen molar-refractivity contribution in [1.29, 1.82) is 0 Å². The van der Waals surface area contributed by atoms with Crippen LogP contribution in [0.2, 0.25) is 0 Å². The monoisotopic (exact) mass is 281 g/mol. The third kappa shape index (κ3) is 3.61. The number of halogens is 2. The van der Waals surface area contributed by atoms with Crippen molar-refractivity contribution in [1.82, 2.24) is 5.32 Å². The van der Waals surface area contributed by atoms with Gasteiger partial charge in [0.05, 0.1) is 0 Å². The van der Waals surface area contributed by atoms with Gasteiger partial charge in [0.1, 0.15) is 11.6 Å². The summed E-state index contributed by atoms with van der Waals surface area (Å²) in [5, 5.41) is 3.33. The summed E-state index contributed by atoms with van der Waals surface area (Å²) < 4.78 is 26.9. The largest absolute Gasteiger partial charge is 0.309 e. The first-order valence-corrected chi connectivity index (χ1v) is 7.15. The molecular formula is C15H17F2NS. The number of benzene rings is 1. The third-order valence-electron chi connectivity index (χ3n) is 2.99. The molecular weight excluding hydrogens is 264 g/mol. The summed E-state index contributed by atoms with van der Waals surface area (Å²) in [6.45, 7) is 4.84. The fraction of sp³-hybridized carbons (Fsp3) is 0.333. The molecule has 1 N–H and O–H groups in total. The van der Waals surface area contributed by atoms with Crippen LogP contribution >= 0.6 is 11.3 Å². The molecule has 1 aromatic carbocycles. The Labute approximate surface area is 116 Å². The number of aryl methyl sites for hydroxylation is 1. The van der Waals surface area contributed by atoms with Gasteiger partial charge in [-0.1, -0.05) is 6.92 Å². The molecule has 0 spiro atoms. The topological polar surface area (TPSA) is 12.0 Å². The molecule has 2 aromatic rings. The lowest BCUT2D eigenvalue weighted by atomic mass is 10.0. The average molecular weight is 281 g/mol. The Morgan fingerprint density at radius 3 is 2.63 bits per heavy atom. The van der Waals surface area contributed by atoms with E-state index < -0.39 is 5.82 Å². The van der Waals surface area contributed by atoms with E-state index in [9.17, 15) is 8.78 Å². The highest BCUT2D eigenvalue weighted by atomic mass is 32.1. The molecule has 1 aromatic heterocycles. The second kappa shape index (κ2) is 6.26. The molecule has 0 bridgehead atoms. The molecule has 102 valence electrons. The van der Waals surface area contributed by atoms with E-state index in [1.165, 1.54) is 17.0 Å². The summed E-state index contributed by atoms with van der Waals surface area (Å²) >= 11 is 1.69. The Bertz CT molecular complexity index is 551. The van der Waals surface area contributed by atoms with E-state index >= 15 is 0 Å². The van der Waals surface area contributed by atoms with Crippen LogP contribution in [0.1, 0.15) is 28.3 Å². The molecule has 2 rings (SSSR count). The van der Waals surface area contributed by atoms with E-state index in [0.717, 1.165) is 17.5 Å². The lowest BCUT2D eigenvalue weighted by molar-refractivity contribution is 0.527. The molecule has 0 aliphatic rings. The Morgan fingerprint density at radius 2 is 2.00 bits per heavy atom. The minimum absolute atomic E-state index is 0.0278. The van der Waals surface area contributed by atoms with E-state index in [0.29, 0.717) is 12.0 Å². The van der Waals surface area contributed by atoms with Crippen molar-refractivity contribution in [3.63, 3.8) is 0 Å². The summed E-state index contributed by atoms with van der Waals surface area (Å²) in [6, 6.07) is 7.74. The van der Waals surface area contributed by atoms with E-state index in [-0.39, 0.29) is 11.9 Å². The smallest absolute Gasteiger partial charge is 0.126 e. The van der Waals surface area contributed by atoms with Crippen LogP contribution in [-0.4, -0.2) is 6.54 Å². The van der Waals surface area contributed by atoms with Crippen molar-refractivity contribution in [2.24, 2.45) is 0 Å². The molecule has 0 aliphatic heterocycles. The fourth-order valence-corrected chi connectivity index (χ4v) is 3.03. The Kier molecular flexibility index (Phi) is 4.66. The highest BCUT2D eigenvalue weighted by molar-refractivity contribution is 7.12. The van der Waals surface area contributed by atoms with Crippen LogP contribution in [0.3, 0.4) is 0 Å². The van der Waals surface area contributed by atoms with E-state index in [4.69, 9.17) is 0 Å². The second-order valence-electron chi connectivity index (χ2n) is 4.50. The SMILES string of the molecule is CCNC(Cc1cc(F)ccc1F)c1ccc(C)s1. The summed E-state index contributed by atoms with van der Waals surface area (Å²) in [4.78, 5) is 2.38. The minimum atomic E-state index is -0.394. The zero-order valence-electron chi connectivity index (χ0n) is 11.0. The van der Waals surface area contributed by atoms with Crippen molar-refractivity contribution in [3.8, 4) is 0 Å². The average Bonchev–Trinajstić information content (AvgIpc) is 2.80. The van der Waals surface area contributed by atoms with Crippen LogP contribution in [-0.2, 0) is 6.42 Å². The van der Waals surface area contributed by atoms with Crippen LogP contribution in [0.5, 0.6) is 0 Å². The minimum Gasteiger partial charge on any atom is -0.309 e. The lowest BCUT2D eigenvalue weighted by Gasteiger charge is -2.17. The van der Waals surface area contributed by atoms with Crippen LogP contribution < -0.4 is 5.32 Å². The van der Waals surface area contributed by atoms with Gasteiger partial charge in [-0.2, -0.15) is 0 Å². The van der Waals surface area contributed by atoms with Crippen molar-refractivity contribution in [2.45, 2.75) is 26.3 Å². The number of nitrogens with one attached hydrogen (secondary N) is 1. The number of likely N-dealkylation sites (N-methyl/N-ethyl adjacent to an activating group) is 1. The standard InChI is InChI=1S/C15H17F2NS/c1-3-18-14(15-7-4-10(2)19-15)9-11-8-12(16)5-6-13(11)17/h4-8,14,18H,3,9H2,1-2H3. The first kappa shape index (κ1) is 14.2. The molecule has 0 saturated heterocycles. The summed E-state index contributed by atoms with van der Waals surface area (Å²) in [5.41, 5.74) is 0.414. The summed E-state index contributed by atoms with van der Waals surface area (Å²) in [5.74, 6) is -0.744. The molecule has 1 heterocycles. The highest BCUT2D eigenvalue weighted by Gasteiger charge is 2.15. The van der Waals surface area contributed by atoms with Crippen molar-refractivity contribution < 1.29 is 8.78 Å². The van der Waals surface area contributed by atoms with Crippen molar-refractivity contribution >= 4 is 11.3 Å². The maximum absolute atomic E-state index is 13.7. The molecule has 0 saturated carbocycles. The van der Waals surface area contributed by atoms with E-state index in [1.54, 1.807) is 11.3 Å². The van der Waals surface area contributed by atoms with Gasteiger partial charge in [-0.3, -0.25) is 0 Å².